The van der Waals surface area contributed by atoms with E-state index in [0.717, 1.165) is 12.8 Å². The molecule has 3 heterocycles. The summed E-state index contributed by atoms with van der Waals surface area (Å²) in [7, 11) is 0. The molecule has 2 aliphatic rings. The maximum Gasteiger partial charge on any atom is 0.295 e. The van der Waals surface area contributed by atoms with Crippen molar-refractivity contribution in [2.24, 2.45) is 0 Å². The van der Waals surface area contributed by atoms with Gasteiger partial charge in [-0.1, -0.05) is 18.2 Å². The lowest BCUT2D eigenvalue weighted by molar-refractivity contribution is -0.131. The van der Waals surface area contributed by atoms with E-state index in [1.54, 1.807) is 46.5 Å². The molecule has 29 heavy (non-hydrogen) atoms. The van der Waals surface area contributed by atoms with Gasteiger partial charge in [0.05, 0.1) is 11.1 Å². The number of aromatic nitrogens is 2. The summed E-state index contributed by atoms with van der Waals surface area (Å²) in [4.78, 5) is 49.4. The normalized spacial score (nSPS) is 17.5. The number of fused-ring (bicyclic) bond motifs is 1. The molecule has 7 nitrogen and oxygen atoms in total. The fourth-order valence-electron chi connectivity index (χ4n) is 4.19. The topological polar surface area (TPSA) is 86.4 Å². The number of aromatic amines is 1. The minimum Gasteiger partial charge on any atom is -0.345 e. The molecule has 5 rings (SSSR count). The minimum atomic E-state index is -0.529. The molecule has 0 unspecified atom stereocenters. The Morgan fingerprint density at radius 1 is 1.00 bits per heavy atom. The van der Waals surface area contributed by atoms with Crippen LogP contribution in [0.5, 0.6) is 0 Å². The van der Waals surface area contributed by atoms with E-state index < -0.39 is 17.2 Å². The average molecular weight is 388 g/mol. The van der Waals surface area contributed by atoms with Crippen LogP contribution in [0.2, 0.25) is 0 Å². The number of nitrogens with zero attached hydrogens (tertiary/aromatic N) is 3. The summed E-state index contributed by atoms with van der Waals surface area (Å²) < 4.78 is 0. The Labute approximate surface area is 167 Å². The first-order chi connectivity index (χ1) is 14.1. The van der Waals surface area contributed by atoms with Crippen LogP contribution in [0.25, 0.3) is 11.0 Å². The number of hydrogen-bond acceptors (Lipinski definition) is 4. The molecular formula is C22H20N4O3. The number of nitrogens with one attached hydrogen (secondary N) is 1. The Kier molecular flexibility index (Phi) is 3.97. The molecule has 1 spiro atoms. The molecule has 2 aromatic heterocycles. The molecular weight excluding hydrogens is 368 g/mol. The SMILES string of the molecule is O=C(C(=O)N1CCN(C(=O)c2ccccc2)CC12CC2)c1c[nH]c2ncccc12. The number of H-pyrrole nitrogens is 1. The van der Waals surface area contributed by atoms with Crippen LogP contribution in [0.4, 0.5) is 0 Å². The predicted octanol–water partition coefficient (Wildman–Crippen LogP) is 2.26. The van der Waals surface area contributed by atoms with E-state index >= 15 is 0 Å². The number of Topliss-reactive ketones (excluding diaryl/α,β-unsaturated/α-hetero) is 1. The largest absolute Gasteiger partial charge is 0.345 e. The molecule has 146 valence electrons. The number of ketones is 1. The molecule has 0 bridgehead atoms. The van der Waals surface area contributed by atoms with Gasteiger partial charge in [-0.15, -0.1) is 0 Å². The number of amides is 2. The smallest absolute Gasteiger partial charge is 0.295 e. The molecule has 0 radical (unpaired) electrons. The number of hydrogen-bond donors (Lipinski definition) is 1. The molecule has 1 saturated carbocycles. The van der Waals surface area contributed by atoms with Gasteiger partial charge in [-0.2, -0.15) is 0 Å². The molecule has 7 heteroatoms. The van der Waals surface area contributed by atoms with Crippen molar-refractivity contribution in [3.8, 4) is 0 Å². The Bertz CT molecular complexity index is 1120. The second-order valence-corrected chi connectivity index (χ2v) is 7.70. The maximum atomic E-state index is 13.1. The van der Waals surface area contributed by atoms with Crippen LogP contribution in [0.3, 0.4) is 0 Å². The van der Waals surface area contributed by atoms with E-state index in [1.165, 1.54) is 0 Å². The Morgan fingerprint density at radius 2 is 1.79 bits per heavy atom. The van der Waals surface area contributed by atoms with Gasteiger partial charge in [-0.05, 0) is 37.1 Å². The Hall–Kier alpha value is -3.48. The van der Waals surface area contributed by atoms with Gasteiger partial charge in [0.25, 0.3) is 17.6 Å². The fraction of sp³-hybridized carbons (Fsp3) is 0.273. The number of rotatable bonds is 3. The van der Waals surface area contributed by atoms with Gasteiger partial charge in [0.2, 0.25) is 0 Å². The zero-order chi connectivity index (χ0) is 20.0. The van der Waals surface area contributed by atoms with E-state index in [9.17, 15) is 14.4 Å². The van der Waals surface area contributed by atoms with Crippen molar-refractivity contribution in [2.45, 2.75) is 18.4 Å². The summed E-state index contributed by atoms with van der Waals surface area (Å²) in [5.41, 5.74) is 1.16. The number of benzene rings is 1. The lowest BCUT2D eigenvalue weighted by Gasteiger charge is -2.41. The quantitative estimate of drug-likeness (QED) is 0.551. The third-order valence-corrected chi connectivity index (χ3v) is 5.92. The molecule has 1 aliphatic heterocycles. The van der Waals surface area contributed by atoms with Crippen molar-refractivity contribution in [3.05, 3.63) is 66.0 Å². The first-order valence-corrected chi connectivity index (χ1v) is 9.72. The van der Waals surface area contributed by atoms with Crippen molar-refractivity contribution in [3.63, 3.8) is 0 Å². The molecule has 0 atom stereocenters. The lowest BCUT2D eigenvalue weighted by Crippen LogP contribution is -2.59. The molecule has 3 aromatic rings. The van der Waals surface area contributed by atoms with E-state index in [-0.39, 0.29) is 5.91 Å². The molecule has 1 aliphatic carbocycles. The van der Waals surface area contributed by atoms with Crippen molar-refractivity contribution in [1.82, 2.24) is 19.8 Å². The van der Waals surface area contributed by atoms with E-state index in [0.29, 0.717) is 41.8 Å². The number of carbonyl (C=O) groups excluding carboxylic acids is 3. The lowest BCUT2D eigenvalue weighted by atomic mass is 10.0. The van der Waals surface area contributed by atoms with E-state index in [2.05, 4.69) is 9.97 Å². The van der Waals surface area contributed by atoms with Gasteiger partial charge in [-0.3, -0.25) is 14.4 Å². The fourth-order valence-corrected chi connectivity index (χ4v) is 4.19. The maximum absolute atomic E-state index is 13.1. The molecule has 2 amide bonds. The van der Waals surface area contributed by atoms with Crippen molar-refractivity contribution in [1.29, 1.82) is 0 Å². The van der Waals surface area contributed by atoms with Gasteiger partial charge < -0.3 is 14.8 Å². The van der Waals surface area contributed by atoms with E-state index in [1.807, 2.05) is 18.2 Å². The highest BCUT2D eigenvalue weighted by molar-refractivity contribution is 6.45. The summed E-state index contributed by atoms with van der Waals surface area (Å²) in [5.74, 6) is -1.06. The summed E-state index contributed by atoms with van der Waals surface area (Å²) >= 11 is 0. The van der Waals surface area contributed by atoms with Gasteiger partial charge >= 0.3 is 0 Å². The minimum absolute atomic E-state index is 0.0296. The van der Waals surface area contributed by atoms with Gasteiger partial charge in [-0.25, -0.2) is 4.98 Å². The highest BCUT2D eigenvalue weighted by atomic mass is 16.2. The molecule has 1 aromatic carbocycles. The average Bonchev–Trinajstić information content (AvgIpc) is 3.39. The summed E-state index contributed by atoms with van der Waals surface area (Å²) in [6.07, 6.45) is 4.80. The summed E-state index contributed by atoms with van der Waals surface area (Å²) in [6, 6.07) is 12.7. The van der Waals surface area contributed by atoms with Crippen LogP contribution in [0.15, 0.2) is 54.9 Å². The van der Waals surface area contributed by atoms with Gasteiger partial charge in [0.15, 0.2) is 0 Å². The van der Waals surface area contributed by atoms with Gasteiger partial charge in [0.1, 0.15) is 5.65 Å². The second kappa shape index (κ2) is 6.55. The van der Waals surface area contributed by atoms with Crippen molar-refractivity contribution >= 4 is 28.6 Å². The van der Waals surface area contributed by atoms with Gasteiger partial charge in [0, 0.05) is 43.0 Å². The predicted molar refractivity (Wildman–Crippen MR) is 106 cm³/mol. The molecule has 1 N–H and O–H groups in total. The Morgan fingerprint density at radius 3 is 2.55 bits per heavy atom. The third kappa shape index (κ3) is 2.90. The summed E-state index contributed by atoms with van der Waals surface area (Å²) in [5, 5.41) is 0.647. The standard InChI is InChI=1S/C22H20N4O3/c27-18(17-13-24-19-16(17)7-4-10-23-19)21(29)26-12-11-25(14-22(26)8-9-22)20(28)15-5-2-1-3-6-15/h1-7,10,13H,8-9,11-12,14H2,(H,23,24). The van der Waals surface area contributed by atoms with Crippen LogP contribution in [0.1, 0.15) is 33.6 Å². The number of carbonyl (C=O) groups is 3. The third-order valence-electron chi connectivity index (χ3n) is 5.92. The van der Waals surface area contributed by atoms with Crippen LogP contribution >= 0.6 is 0 Å². The van der Waals surface area contributed by atoms with Crippen LogP contribution in [-0.2, 0) is 4.79 Å². The molecule has 2 fully saturated rings. The van der Waals surface area contributed by atoms with Crippen molar-refractivity contribution < 1.29 is 14.4 Å². The van der Waals surface area contributed by atoms with E-state index in [4.69, 9.17) is 0 Å². The van der Waals surface area contributed by atoms with Crippen LogP contribution in [-0.4, -0.2) is 62.5 Å². The van der Waals surface area contributed by atoms with Crippen LogP contribution in [0, 0.1) is 0 Å². The highest BCUT2D eigenvalue weighted by Crippen LogP contribution is 2.44. The number of piperazine rings is 1. The molecule has 1 saturated heterocycles. The first kappa shape index (κ1) is 17.6. The monoisotopic (exact) mass is 388 g/mol. The zero-order valence-corrected chi connectivity index (χ0v) is 15.8. The first-order valence-electron chi connectivity index (χ1n) is 9.72. The second-order valence-electron chi connectivity index (χ2n) is 7.70. The zero-order valence-electron chi connectivity index (χ0n) is 15.8. The van der Waals surface area contributed by atoms with Crippen molar-refractivity contribution in [2.75, 3.05) is 19.6 Å². The Balaban J connectivity index is 1.36. The highest BCUT2D eigenvalue weighted by Gasteiger charge is 2.55. The summed E-state index contributed by atoms with van der Waals surface area (Å²) in [6.45, 7) is 1.25. The van der Waals surface area contributed by atoms with Crippen LogP contribution < -0.4 is 0 Å². The number of pyridine rings is 1.